The van der Waals surface area contributed by atoms with E-state index in [0.717, 1.165) is 16.3 Å². The maximum Gasteiger partial charge on any atom is 0.269 e. The summed E-state index contributed by atoms with van der Waals surface area (Å²) in [4.78, 5) is 31.9. The summed E-state index contributed by atoms with van der Waals surface area (Å²) in [5.41, 5.74) is 2.11. The van der Waals surface area contributed by atoms with Crippen LogP contribution >= 0.6 is 11.6 Å². The number of carbonyl (C=O) groups is 2. The summed E-state index contributed by atoms with van der Waals surface area (Å²) in [6.07, 6.45) is 2.83. The minimum Gasteiger partial charge on any atom is -0.351 e. The Morgan fingerprint density at radius 3 is 2.44 bits per heavy atom. The van der Waals surface area contributed by atoms with Crippen LogP contribution in [0.4, 0.5) is 0 Å². The van der Waals surface area contributed by atoms with Gasteiger partial charge in [0, 0.05) is 36.4 Å². The number of likely N-dealkylation sites (N-methyl/N-ethyl adjacent to an activating group) is 1. The lowest BCUT2D eigenvalue weighted by molar-refractivity contribution is 0.0725. The summed E-state index contributed by atoms with van der Waals surface area (Å²) in [7, 11) is 1.82. The van der Waals surface area contributed by atoms with E-state index >= 15 is 0 Å². The van der Waals surface area contributed by atoms with Crippen LogP contribution in [0.1, 0.15) is 32.8 Å². The number of nitrogens with one attached hydrogen (secondary N) is 1. The highest BCUT2D eigenvalue weighted by Crippen LogP contribution is 2.22. The number of carbonyl (C=O) groups excluding carboxylic acids is 2. The topological polar surface area (TPSA) is 62.3 Å². The van der Waals surface area contributed by atoms with Crippen LogP contribution in [0.25, 0.3) is 10.8 Å². The molecule has 4 rings (SSSR count). The zero-order chi connectivity index (χ0) is 23.9. The second kappa shape index (κ2) is 10.9. The van der Waals surface area contributed by atoms with Crippen LogP contribution in [0, 0.1) is 0 Å². The van der Waals surface area contributed by atoms with Crippen LogP contribution in [0.5, 0.6) is 0 Å². The van der Waals surface area contributed by atoms with Gasteiger partial charge in [0.1, 0.15) is 5.69 Å². The van der Waals surface area contributed by atoms with Gasteiger partial charge in [-0.25, -0.2) is 0 Å². The third-order valence-electron chi connectivity index (χ3n) is 5.93. The van der Waals surface area contributed by atoms with Gasteiger partial charge in [0.25, 0.3) is 11.8 Å². The van der Waals surface area contributed by atoms with Crippen molar-refractivity contribution in [3.8, 4) is 0 Å². The molecule has 2 amide bonds. The molecule has 1 heterocycles. The Hall–Kier alpha value is -3.70. The summed E-state index contributed by atoms with van der Waals surface area (Å²) in [5, 5.41) is 5.55. The molecule has 0 aliphatic heterocycles. The molecule has 6 heteroatoms. The van der Waals surface area contributed by atoms with E-state index in [4.69, 9.17) is 11.6 Å². The average molecular weight is 472 g/mol. The number of amides is 2. The Bertz CT molecular complexity index is 1270. The van der Waals surface area contributed by atoms with E-state index in [0.29, 0.717) is 35.7 Å². The fourth-order valence-corrected chi connectivity index (χ4v) is 4.16. The van der Waals surface area contributed by atoms with Crippen molar-refractivity contribution < 1.29 is 9.59 Å². The number of aromatic nitrogens is 1. The monoisotopic (exact) mass is 471 g/mol. The number of fused-ring (bicyclic) bond motifs is 1. The summed E-state index contributed by atoms with van der Waals surface area (Å²) >= 11 is 6.06. The van der Waals surface area contributed by atoms with Gasteiger partial charge in [-0.1, -0.05) is 66.2 Å². The van der Waals surface area contributed by atoms with Gasteiger partial charge in [-0.05, 0) is 59.5 Å². The van der Waals surface area contributed by atoms with Crippen LogP contribution in [0.15, 0.2) is 91.1 Å². The molecule has 3 aromatic carbocycles. The molecule has 1 N–H and O–H groups in total. The zero-order valence-electron chi connectivity index (χ0n) is 18.9. The highest BCUT2D eigenvalue weighted by molar-refractivity contribution is 6.30. The van der Waals surface area contributed by atoms with Gasteiger partial charge < -0.3 is 10.2 Å². The van der Waals surface area contributed by atoms with Crippen molar-refractivity contribution in [2.45, 2.75) is 18.9 Å². The number of hydrogen-bond acceptors (Lipinski definition) is 3. The van der Waals surface area contributed by atoms with Gasteiger partial charge in [-0.2, -0.15) is 0 Å². The van der Waals surface area contributed by atoms with Crippen molar-refractivity contribution in [3.63, 3.8) is 0 Å². The Labute approximate surface area is 204 Å². The van der Waals surface area contributed by atoms with Crippen LogP contribution in [0.3, 0.4) is 0 Å². The van der Waals surface area contributed by atoms with E-state index < -0.39 is 0 Å². The van der Waals surface area contributed by atoms with Crippen LogP contribution in [0.2, 0.25) is 5.02 Å². The van der Waals surface area contributed by atoms with E-state index in [1.807, 2.05) is 73.8 Å². The smallest absolute Gasteiger partial charge is 0.269 e. The van der Waals surface area contributed by atoms with Crippen molar-refractivity contribution in [1.82, 2.24) is 15.2 Å². The largest absolute Gasteiger partial charge is 0.351 e. The molecule has 0 bridgehead atoms. The van der Waals surface area contributed by atoms with E-state index in [1.54, 1.807) is 29.3 Å². The molecule has 0 spiro atoms. The van der Waals surface area contributed by atoms with Crippen molar-refractivity contribution in [3.05, 3.63) is 113 Å². The molecule has 0 radical (unpaired) electrons. The molecule has 0 aliphatic carbocycles. The van der Waals surface area contributed by atoms with Crippen molar-refractivity contribution >= 4 is 34.2 Å². The summed E-state index contributed by atoms with van der Waals surface area (Å²) in [5.74, 6) is -0.277. The third kappa shape index (κ3) is 5.61. The van der Waals surface area contributed by atoms with Gasteiger partial charge >= 0.3 is 0 Å². The molecule has 0 saturated carbocycles. The predicted octanol–water partition coefficient (Wildman–Crippen LogP) is 5.39. The van der Waals surface area contributed by atoms with Gasteiger partial charge in [-0.15, -0.1) is 0 Å². The fraction of sp³-hybridized carbons (Fsp3) is 0.179. The molecule has 1 unspecified atom stereocenters. The molecule has 1 atom stereocenters. The minimum atomic E-state index is -0.228. The Morgan fingerprint density at radius 1 is 0.941 bits per heavy atom. The SMILES string of the molecule is CN(C(=O)c1cccc2ccccc12)C(CCNC(=O)c1ccccn1)Cc1ccc(Cl)cc1. The van der Waals surface area contributed by atoms with Crippen LogP contribution in [-0.4, -0.2) is 41.3 Å². The maximum absolute atomic E-state index is 13.6. The molecule has 0 saturated heterocycles. The number of benzene rings is 3. The van der Waals surface area contributed by atoms with Gasteiger partial charge in [0.2, 0.25) is 0 Å². The Balaban J connectivity index is 1.53. The Kier molecular flexibility index (Phi) is 7.55. The quantitative estimate of drug-likeness (QED) is 0.374. The number of nitrogens with zero attached hydrogens (tertiary/aromatic N) is 2. The number of rotatable bonds is 8. The number of hydrogen-bond donors (Lipinski definition) is 1. The molecule has 0 aliphatic rings. The standard InChI is InChI=1S/C28H26ClN3O2/c1-32(28(34)25-10-6-8-21-7-2-3-9-24(21)25)23(19-20-12-14-22(29)15-13-20)16-18-31-27(33)26-11-4-5-17-30-26/h2-15,17,23H,16,18-19H2,1H3,(H,31,33). The first-order valence-corrected chi connectivity index (χ1v) is 11.6. The van der Waals surface area contributed by atoms with Crippen molar-refractivity contribution in [2.24, 2.45) is 0 Å². The summed E-state index contributed by atoms with van der Waals surface area (Å²) < 4.78 is 0. The molecular weight excluding hydrogens is 446 g/mol. The first-order chi connectivity index (χ1) is 16.5. The van der Waals surface area contributed by atoms with Crippen molar-refractivity contribution in [2.75, 3.05) is 13.6 Å². The second-order valence-electron chi connectivity index (χ2n) is 8.19. The average Bonchev–Trinajstić information content (AvgIpc) is 2.88. The molecule has 172 valence electrons. The predicted molar refractivity (Wildman–Crippen MR) is 136 cm³/mol. The van der Waals surface area contributed by atoms with E-state index in [1.165, 1.54) is 0 Å². The molecular formula is C28H26ClN3O2. The minimum absolute atomic E-state index is 0.0492. The lowest BCUT2D eigenvalue weighted by Crippen LogP contribution is -2.41. The highest BCUT2D eigenvalue weighted by Gasteiger charge is 2.23. The van der Waals surface area contributed by atoms with E-state index in [2.05, 4.69) is 10.3 Å². The molecule has 5 nitrogen and oxygen atoms in total. The van der Waals surface area contributed by atoms with Gasteiger partial charge in [-0.3, -0.25) is 14.6 Å². The van der Waals surface area contributed by atoms with Crippen LogP contribution in [-0.2, 0) is 6.42 Å². The normalized spacial score (nSPS) is 11.7. The first-order valence-electron chi connectivity index (χ1n) is 11.2. The second-order valence-corrected chi connectivity index (χ2v) is 8.62. The zero-order valence-corrected chi connectivity index (χ0v) is 19.7. The van der Waals surface area contributed by atoms with Crippen LogP contribution < -0.4 is 5.32 Å². The highest BCUT2D eigenvalue weighted by atomic mass is 35.5. The molecule has 1 aromatic heterocycles. The van der Waals surface area contributed by atoms with E-state index in [9.17, 15) is 9.59 Å². The molecule has 4 aromatic rings. The van der Waals surface area contributed by atoms with Gasteiger partial charge in [0.05, 0.1) is 0 Å². The first kappa shape index (κ1) is 23.5. The molecule has 0 fully saturated rings. The fourth-order valence-electron chi connectivity index (χ4n) is 4.03. The molecule has 34 heavy (non-hydrogen) atoms. The third-order valence-corrected chi connectivity index (χ3v) is 6.19. The van der Waals surface area contributed by atoms with Crippen molar-refractivity contribution in [1.29, 1.82) is 0 Å². The summed E-state index contributed by atoms with van der Waals surface area (Å²) in [6, 6.07) is 26.4. The lowest BCUT2D eigenvalue weighted by atomic mass is 9.99. The maximum atomic E-state index is 13.6. The lowest BCUT2D eigenvalue weighted by Gasteiger charge is -2.29. The Morgan fingerprint density at radius 2 is 1.68 bits per heavy atom. The van der Waals surface area contributed by atoms with E-state index in [-0.39, 0.29) is 17.9 Å². The van der Waals surface area contributed by atoms with Gasteiger partial charge in [0.15, 0.2) is 0 Å². The number of halogens is 1. The summed E-state index contributed by atoms with van der Waals surface area (Å²) in [6.45, 7) is 0.417. The number of pyridine rings is 1.